The molecule has 2 aromatic rings. The molecule has 0 amide bonds. The summed E-state index contributed by atoms with van der Waals surface area (Å²) in [6.07, 6.45) is 0.694. The average molecular weight is 279 g/mol. The zero-order valence-corrected chi connectivity index (χ0v) is 11.4. The van der Waals surface area contributed by atoms with Crippen molar-refractivity contribution in [2.24, 2.45) is 0 Å². The minimum Gasteiger partial charge on any atom is -0.493 e. The van der Waals surface area contributed by atoms with Crippen molar-refractivity contribution in [3.05, 3.63) is 44.9 Å². The van der Waals surface area contributed by atoms with Crippen LogP contribution in [0.25, 0.3) is 0 Å². The van der Waals surface area contributed by atoms with Crippen LogP contribution in [0.3, 0.4) is 0 Å². The number of thiazole rings is 1. The molecule has 1 aromatic heterocycles. The van der Waals surface area contributed by atoms with Gasteiger partial charge in [0.15, 0.2) is 0 Å². The van der Waals surface area contributed by atoms with E-state index in [2.05, 4.69) is 11.1 Å². The Morgan fingerprint density at radius 2 is 2.33 bits per heavy atom. The Morgan fingerprint density at radius 1 is 1.50 bits per heavy atom. The fraction of sp³-hybridized carbons (Fsp3) is 0.231. The van der Waals surface area contributed by atoms with Crippen LogP contribution in [-0.4, -0.2) is 11.6 Å². The number of halogens is 1. The Hall–Kier alpha value is -1.57. The predicted molar refractivity (Wildman–Crippen MR) is 72.2 cm³/mol. The molecule has 0 N–H and O–H groups in total. The quantitative estimate of drug-likeness (QED) is 0.858. The van der Waals surface area contributed by atoms with Crippen molar-refractivity contribution in [2.45, 2.75) is 13.3 Å². The molecular formula is C13H11ClN2OS. The van der Waals surface area contributed by atoms with E-state index in [1.165, 1.54) is 11.3 Å². The van der Waals surface area contributed by atoms with Crippen LogP contribution in [0.1, 0.15) is 15.6 Å². The smallest absolute Gasteiger partial charge is 0.127 e. The van der Waals surface area contributed by atoms with E-state index in [-0.39, 0.29) is 0 Å². The maximum absolute atomic E-state index is 8.84. The van der Waals surface area contributed by atoms with Crippen molar-refractivity contribution in [1.29, 1.82) is 5.26 Å². The van der Waals surface area contributed by atoms with Gasteiger partial charge >= 0.3 is 0 Å². The molecule has 0 spiro atoms. The zero-order valence-electron chi connectivity index (χ0n) is 9.81. The Labute approximate surface area is 115 Å². The van der Waals surface area contributed by atoms with Gasteiger partial charge in [0.1, 0.15) is 16.7 Å². The fourth-order valence-electron chi connectivity index (χ4n) is 1.48. The normalized spacial score (nSPS) is 10.1. The first-order chi connectivity index (χ1) is 8.69. The largest absolute Gasteiger partial charge is 0.493 e. The Balaban J connectivity index is 1.90. The van der Waals surface area contributed by atoms with Crippen LogP contribution in [0.5, 0.6) is 5.75 Å². The van der Waals surface area contributed by atoms with Crippen LogP contribution in [0.15, 0.2) is 24.3 Å². The molecule has 2 rings (SSSR count). The number of nitrogens with zero attached hydrogens (tertiary/aromatic N) is 2. The van der Waals surface area contributed by atoms with Crippen LogP contribution < -0.4 is 4.74 Å². The van der Waals surface area contributed by atoms with Crippen LogP contribution in [0, 0.1) is 18.3 Å². The third-order valence-corrected chi connectivity index (χ3v) is 3.68. The van der Waals surface area contributed by atoms with Gasteiger partial charge in [-0.3, -0.25) is 0 Å². The van der Waals surface area contributed by atoms with E-state index in [4.69, 9.17) is 21.6 Å². The van der Waals surface area contributed by atoms with Gasteiger partial charge in [-0.1, -0.05) is 17.7 Å². The van der Waals surface area contributed by atoms with Gasteiger partial charge in [0, 0.05) is 11.4 Å². The number of aryl methyl sites for hydroxylation is 1. The summed E-state index contributed by atoms with van der Waals surface area (Å²) in [7, 11) is 0. The molecule has 92 valence electrons. The van der Waals surface area contributed by atoms with Crippen LogP contribution >= 0.6 is 22.9 Å². The molecule has 0 bridgehead atoms. The molecule has 0 unspecified atom stereocenters. The number of rotatable bonds is 4. The molecule has 0 fully saturated rings. The summed E-state index contributed by atoms with van der Waals surface area (Å²) in [5.74, 6) is 0.747. The minimum atomic E-state index is 0.526. The number of aromatic nitrogens is 1. The second kappa shape index (κ2) is 5.85. The van der Waals surface area contributed by atoms with Gasteiger partial charge in [0.2, 0.25) is 0 Å². The second-order valence-electron chi connectivity index (χ2n) is 3.69. The third-order valence-electron chi connectivity index (χ3n) is 2.32. The van der Waals surface area contributed by atoms with Gasteiger partial charge in [-0.05, 0) is 25.1 Å². The van der Waals surface area contributed by atoms with Gasteiger partial charge in [0.05, 0.1) is 17.3 Å². The molecule has 0 aliphatic heterocycles. The van der Waals surface area contributed by atoms with Crippen molar-refractivity contribution in [3.63, 3.8) is 0 Å². The number of hydrogen-bond acceptors (Lipinski definition) is 4. The Morgan fingerprint density at radius 3 is 3.00 bits per heavy atom. The fourth-order valence-corrected chi connectivity index (χ4v) is 2.50. The van der Waals surface area contributed by atoms with E-state index in [1.807, 2.05) is 19.1 Å². The van der Waals surface area contributed by atoms with E-state index in [9.17, 15) is 0 Å². The Bertz CT molecular complexity index is 589. The van der Waals surface area contributed by atoms with E-state index >= 15 is 0 Å². The maximum Gasteiger partial charge on any atom is 0.127 e. The monoisotopic (exact) mass is 278 g/mol. The molecule has 0 aliphatic carbocycles. The first kappa shape index (κ1) is 12.9. The minimum absolute atomic E-state index is 0.526. The maximum atomic E-state index is 8.84. The number of hydrogen-bond donors (Lipinski definition) is 0. The van der Waals surface area contributed by atoms with E-state index < -0.39 is 0 Å². The Kier molecular flexibility index (Phi) is 4.19. The van der Waals surface area contributed by atoms with Gasteiger partial charge in [0.25, 0.3) is 0 Å². The first-order valence-electron chi connectivity index (χ1n) is 5.44. The highest BCUT2D eigenvalue weighted by molar-refractivity contribution is 7.12. The summed E-state index contributed by atoms with van der Waals surface area (Å²) in [5, 5.41) is 10.4. The van der Waals surface area contributed by atoms with E-state index in [0.29, 0.717) is 22.9 Å². The SMILES string of the molecule is Cc1nc(CCOc2cccc(Cl)c2)sc1C#N. The molecule has 0 saturated carbocycles. The number of nitriles is 1. The first-order valence-corrected chi connectivity index (χ1v) is 6.63. The standard InChI is InChI=1S/C13H11ClN2OS/c1-9-12(8-15)18-13(16-9)5-6-17-11-4-2-3-10(14)7-11/h2-4,7H,5-6H2,1H3. The molecule has 18 heavy (non-hydrogen) atoms. The summed E-state index contributed by atoms with van der Waals surface area (Å²) in [6.45, 7) is 2.37. The molecule has 1 heterocycles. The summed E-state index contributed by atoms with van der Waals surface area (Å²) < 4.78 is 5.57. The molecular weight excluding hydrogens is 268 g/mol. The van der Waals surface area contributed by atoms with Gasteiger partial charge in [-0.2, -0.15) is 5.26 Å². The lowest BCUT2D eigenvalue weighted by atomic mass is 10.3. The lowest BCUT2D eigenvalue weighted by molar-refractivity contribution is 0.322. The van der Waals surface area contributed by atoms with Crippen molar-refractivity contribution in [2.75, 3.05) is 6.61 Å². The number of ether oxygens (including phenoxy) is 1. The predicted octanol–water partition coefficient (Wildman–Crippen LogP) is 3.60. The van der Waals surface area contributed by atoms with E-state index in [0.717, 1.165) is 16.5 Å². The van der Waals surface area contributed by atoms with Crippen molar-refractivity contribution in [3.8, 4) is 11.8 Å². The summed E-state index contributed by atoms with van der Waals surface area (Å²) in [4.78, 5) is 4.99. The lowest BCUT2D eigenvalue weighted by Gasteiger charge is -2.04. The molecule has 0 saturated heterocycles. The highest BCUT2D eigenvalue weighted by atomic mass is 35.5. The molecule has 5 heteroatoms. The van der Waals surface area contributed by atoms with Crippen molar-refractivity contribution in [1.82, 2.24) is 4.98 Å². The summed E-state index contributed by atoms with van der Waals surface area (Å²) in [6, 6.07) is 9.41. The molecule has 3 nitrogen and oxygen atoms in total. The molecule has 0 atom stereocenters. The van der Waals surface area contributed by atoms with Crippen LogP contribution in [0.2, 0.25) is 5.02 Å². The van der Waals surface area contributed by atoms with Gasteiger partial charge in [-0.25, -0.2) is 4.98 Å². The zero-order chi connectivity index (χ0) is 13.0. The third kappa shape index (κ3) is 3.22. The lowest BCUT2D eigenvalue weighted by Crippen LogP contribution is -2.00. The average Bonchev–Trinajstić information content (AvgIpc) is 2.70. The van der Waals surface area contributed by atoms with Gasteiger partial charge in [-0.15, -0.1) is 11.3 Å². The van der Waals surface area contributed by atoms with Gasteiger partial charge < -0.3 is 4.74 Å². The van der Waals surface area contributed by atoms with Crippen LogP contribution in [-0.2, 0) is 6.42 Å². The van der Waals surface area contributed by atoms with Crippen LogP contribution in [0.4, 0.5) is 0 Å². The van der Waals surface area contributed by atoms with E-state index in [1.54, 1.807) is 12.1 Å². The summed E-state index contributed by atoms with van der Waals surface area (Å²) >= 11 is 7.28. The number of benzene rings is 1. The molecule has 1 aromatic carbocycles. The molecule has 0 aliphatic rings. The van der Waals surface area contributed by atoms with Crippen molar-refractivity contribution < 1.29 is 4.74 Å². The summed E-state index contributed by atoms with van der Waals surface area (Å²) in [5.41, 5.74) is 0.792. The molecule has 0 radical (unpaired) electrons. The highest BCUT2D eigenvalue weighted by Crippen LogP contribution is 2.19. The topological polar surface area (TPSA) is 45.9 Å². The highest BCUT2D eigenvalue weighted by Gasteiger charge is 2.06. The second-order valence-corrected chi connectivity index (χ2v) is 5.21. The van der Waals surface area contributed by atoms with Crippen molar-refractivity contribution >= 4 is 22.9 Å².